The van der Waals surface area contributed by atoms with Gasteiger partial charge in [-0.25, -0.2) is 17.7 Å². The van der Waals surface area contributed by atoms with Gasteiger partial charge < -0.3 is 45.2 Å². The second kappa shape index (κ2) is 24.3. The number of hydrogen-bond acceptors (Lipinski definition) is 16. The summed E-state index contributed by atoms with van der Waals surface area (Å²) >= 11 is 0. The van der Waals surface area contributed by atoms with E-state index in [1.54, 1.807) is 43.4 Å². The first-order chi connectivity index (χ1) is 40.1. The number of halogens is 3. The van der Waals surface area contributed by atoms with E-state index in [9.17, 15) is 46.2 Å². The predicted molar refractivity (Wildman–Crippen MR) is 312 cm³/mol. The number of sulfonamides is 1. The number of likely N-dealkylation sites (tertiary alicyclic amines) is 1. The maximum Gasteiger partial charge on any atom is 0.408 e. The number of aromatic hydroxyl groups is 2. The molecule has 3 fully saturated rings. The number of amides is 3. The number of benzene rings is 4. The molecule has 1 unspecified atom stereocenters. The van der Waals surface area contributed by atoms with E-state index >= 15 is 0 Å². The number of anilines is 6. The average molecular weight is 1180 g/mol. The maximum absolute atomic E-state index is 14.0. The van der Waals surface area contributed by atoms with E-state index in [1.165, 1.54) is 27.8 Å². The van der Waals surface area contributed by atoms with Gasteiger partial charge in [0.05, 0.1) is 41.6 Å². The molecule has 0 spiro atoms. The van der Waals surface area contributed by atoms with Crippen molar-refractivity contribution in [2.75, 3.05) is 98.2 Å². The van der Waals surface area contributed by atoms with Crippen LogP contribution < -0.4 is 29.5 Å². The van der Waals surface area contributed by atoms with Crippen molar-refractivity contribution in [2.45, 2.75) is 78.1 Å². The molecule has 0 radical (unpaired) electrons. The Balaban J connectivity index is 0.700. The van der Waals surface area contributed by atoms with Crippen LogP contribution in [0.15, 0.2) is 85.1 Å². The summed E-state index contributed by atoms with van der Waals surface area (Å²) in [6, 6.07) is 20.1. The number of ether oxygens (including phenoxy) is 1. The van der Waals surface area contributed by atoms with Gasteiger partial charge in [-0.05, 0) is 105 Å². The molecule has 25 heteroatoms. The monoisotopic (exact) mass is 1180 g/mol. The minimum Gasteiger partial charge on any atom is -0.508 e. The Kier molecular flexibility index (Phi) is 17.1. The van der Waals surface area contributed by atoms with E-state index in [1.807, 2.05) is 56.4 Å². The number of nitrogens with one attached hydrogen (secondary N) is 2. The number of piperazine rings is 1. The molecule has 6 heterocycles. The number of para-hydroxylation sites is 1. The summed E-state index contributed by atoms with van der Waals surface area (Å²) in [6.45, 7) is 14.7. The number of rotatable bonds is 16. The van der Waals surface area contributed by atoms with Crippen LogP contribution in [0, 0.1) is 11.8 Å². The summed E-state index contributed by atoms with van der Waals surface area (Å²) in [6.07, 6.45) is 1.12. The zero-order chi connectivity index (χ0) is 59.8. The average Bonchev–Trinajstić information content (AvgIpc) is 2.52. The van der Waals surface area contributed by atoms with Crippen molar-refractivity contribution in [3.05, 3.63) is 108 Å². The topological polar surface area (TPSA) is 235 Å². The molecule has 10 rings (SSSR count). The van der Waals surface area contributed by atoms with E-state index < -0.39 is 39.9 Å². The summed E-state index contributed by atoms with van der Waals surface area (Å²) in [7, 11) is -2.39. The summed E-state index contributed by atoms with van der Waals surface area (Å²) in [5.41, 5.74) is 4.15. The molecule has 0 bridgehead atoms. The van der Waals surface area contributed by atoms with Crippen molar-refractivity contribution >= 4 is 62.3 Å². The number of hydrogen-bond donors (Lipinski definition) is 4. The third-order valence-corrected chi connectivity index (χ3v) is 17.3. The van der Waals surface area contributed by atoms with Gasteiger partial charge in [0.25, 0.3) is 11.8 Å². The van der Waals surface area contributed by atoms with Crippen LogP contribution in [-0.2, 0) is 21.4 Å². The molecule has 446 valence electrons. The maximum atomic E-state index is 14.0. The number of nitrogens with zero attached hydrogens (tertiary/aromatic N) is 11. The van der Waals surface area contributed by atoms with Gasteiger partial charge in [-0.3, -0.25) is 23.9 Å². The van der Waals surface area contributed by atoms with Gasteiger partial charge in [0.2, 0.25) is 27.7 Å². The fraction of sp³-hybridized carbons (Fsp3) is 0.441. The zero-order valence-electron chi connectivity index (χ0n) is 47.8. The summed E-state index contributed by atoms with van der Waals surface area (Å²) in [5.74, 6) is -1.20. The van der Waals surface area contributed by atoms with Gasteiger partial charge in [0.1, 0.15) is 29.0 Å². The fourth-order valence-electron chi connectivity index (χ4n) is 11.5. The van der Waals surface area contributed by atoms with Crippen molar-refractivity contribution in [1.29, 1.82) is 0 Å². The smallest absolute Gasteiger partial charge is 0.408 e. The van der Waals surface area contributed by atoms with Crippen LogP contribution >= 0.6 is 0 Å². The highest BCUT2D eigenvalue weighted by Gasteiger charge is 2.39. The van der Waals surface area contributed by atoms with Crippen LogP contribution in [0.1, 0.15) is 91.4 Å². The highest BCUT2D eigenvalue weighted by molar-refractivity contribution is 7.92. The number of fused-ring (bicyclic) bond motifs is 2. The van der Waals surface area contributed by atoms with Crippen molar-refractivity contribution in [3.63, 3.8) is 0 Å². The zero-order valence-corrected chi connectivity index (χ0v) is 48.6. The van der Waals surface area contributed by atoms with Gasteiger partial charge in [0.15, 0.2) is 11.6 Å². The quantitative estimate of drug-likeness (QED) is 0.0718. The molecular weight excluding hydrogens is 1110 g/mol. The van der Waals surface area contributed by atoms with E-state index in [4.69, 9.17) is 4.74 Å². The van der Waals surface area contributed by atoms with Gasteiger partial charge in [-0.15, -0.1) is 10.2 Å². The number of aromatic nitrogens is 5. The van der Waals surface area contributed by atoms with Crippen LogP contribution in [0.4, 0.5) is 47.7 Å². The first-order valence-corrected chi connectivity index (χ1v) is 30.2. The molecule has 1 atom stereocenters. The van der Waals surface area contributed by atoms with Gasteiger partial charge >= 0.3 is 6.18 Å². The molecule has 3 saturated heterocycles. The lowest BCUT2D eigenvalue weighted by molar-refractivity contribution is -0.149. The van der Waals surface area contributed by atoms with E-state index in [2.05, 4.69) is 45.1 Å². The van der Waals surface area contributed by atoms with E-state index in [0.29, 0.717) is 54.8 Å². The molecule has 4 aliphatic heterocycles. The molecular formula is C59H70F3N13O8S. The lowest BCUT2D eigenvalue weighted by atomic mass is 9.91. The molecule has 0 aliphatic carbocycles. The van der Waals surface area contributed by atoms with Gasteiger partial charge in [0, 0.05) is 102 Å². The van der Waals surface area contributed by atoms with Crippen LogP contribution in [0.2, 0.25) is 0 Å². The van der Waals surface area contributed by atoms with Crippen LogP contribution in [0.5, 0.6) is 17.2 Å². The molecule has 4 aromatic carbocycles. The number of carbonyl (C=O) groups is 3. The highest BCUT2D eigenvalue weighted by atomic mass is 32.2. The second-order valence-corrected chi connectivity index (χ2v) is 24.2. The molecule has 3 amide bonds. The first-order valence-electron chi connectivity index (χ1n) is 28.3. The van der Waals surface area contributed by atoms with Crippen LogP contribution in [0.3, 0.4) is 0 Å². The van der Waals surface area contributed by atoms with Crippen molar-refractivity contribution < 1.29 is 50.9 Å². The summed E-state index contributed by atoms with van der Waals surface area (Å²) in [5, 5.41) is 34.8. The lowest BCUT2D eigenvalue weighted by Crippen LogP contribution is -2.49. The molecule has 84 heavy (non-hydrogen) atoms. The number of phenolic OH excluding ortho intramolecular Hbond substituents is 2. The Bertz CT molecular complexity index is 3530. The van der Waals surface area contributed by atoms with E-state index in [-0.39, 0.29) is 69.3 Å². The Hall–Kier alpha value is -8.03. The van der Waals surface area contributed by atoms with Crippen LogP contribution in [0.25, 0.3) is 17.1 Å². The van der Waals surface area contributed by atoms with Crippen molar-refractivity contribution in [3.8, 4) is 34.3 Å². The number of piperidine rings is 2. The Morgan fingerprint density at radius 2 is 1.49 bits per heavy atom. The second-order valence-electron chi connectivity index (χ2n) is 22.3. The Morgan fingerprint density at radius 1 is 0.810 bits per heavy atom. The Morgan fingerprint density at radius 3 is 2.15 bits per heavy atom. The minimum absolute atomic E-state index is 0.0130. The van der Waals surface area contributed by atoms with Gasteiger partial charge in [-0.1, -0.05) is 38.1 Å². The number of carbonyl (C=O) groups excluding carboxylic acids is 3. The largest absolute Gasteiger partial charge is 0.508 e. The molecule has 6 aromatic rings. The minimum atomic E-state index is -4.70. The SMILES string of the molecule is CCOc1cc(N2CCC(C(=O)N3CCC(CN4CCN(Cc5ccc(-n6c(C(=O)NC(C)C(F)(F)F)nnc6-c6cc(C(C)C)c(O)cc6O)cc5)CC4)CC3)CC2)ccc1Nc1ncc2c(n1)N(S(C)(=O)=O)c1ccccc1C(=O)N2C. The third-order valence-electron chi connectivity index (χ3n) is 16.2. The van der Waals surface area contributed by atoms with Gasteiger partial charge in [-0.2, -0.15) is 18.2 Å². The molecule has 21 nitrogen and oxygen atoms in total. The van der Waals surface area contributed by atoms with Crippen molar-refractivity contribution in [2.24, 2.45) is 11.8 Å². The molecule has 4 N–H and O–H groups in total. The third kappa shape index (κ3) is 12.6. The summed E-state index contributed by atoms with van der Waals surface area (Å²) in [4.78, 5) is 60.3. The predicted octanol–water partition coefficient (Wildman–Crippen LogP) is 8.04. The molecule has 0 saturated carbocycles. The van der Waals surface area contributed by atoms with Crippen LogP contribution in [-0.4, -0.2) is 167 Å². The molecule has 2 aromatic heterocycles. The lowest BCUT2D eigenvalue weighted by Gasteiger charge is -2.40. The number of alkyl halides is 3. The normalized spacial score (nSPS) is 17.2. The fourth-order valence-corrected chi connectivity index (χ4v) is 12.5. The standard InChI is InChI=1S/C59H70F3N13O8S/c1-7-83-51-30-42(16-17-46(51)65-58-63-33-48-53(66-58)75(84(6,81)82)47-11-9-8-10-43(47)57(80)69(48)5)72-24-20-40(21-25-72)56(79)73-22-18-39(19-23-73)35-71-28-26-70(27-29-71)34-38-12-14-41(15-13-38)74-52(45-31-44(36(2)3)49(76)32-50(45)77)67-68-54(74)55(78)64-37(4)59(60,61)62/h8-17,30-33,36-37,39-40,76-77H,7,18-29,34-35H2,1-6H3,(H,64,78)(H,63,65,66). The highest BCUT2D eigenvalue weighted by Crippen LogP contribution is 2.43. The number of phenols is 2. The first kappa shape index (κ1) is 59.1. The van der Waals surface area contributed by atoms with E-state index in [0.717, 1.165) is 100 Å². The van der Waals surface area contributed by atoms with Crippen molar-refractivity contribution in [1.82, 2.24) is 44.7 Å². The molecule has 4 aliphatic rings. The summed E-state index contributed by atoms with van der Waals surface area (Å²) < 4.78 is 75.6. The Labute approximate surface area is 486 Å².